The normalized spacial score (nSPS) is 12.4. The molecule has 25 heavy (non-hydrogen) atoms. The van der Waals surface area contributed by atoms with Crippen molar-refractivity contribution in [2.24, 2.45) is 0 Å². The van der Waals surface area contributed by atoms with E-state index in [-0.39, 0.29) is 5.69 Å². The van der Waals surface area contributed by atoms with Crippen molar-refractivity contribution in [1.82, 2.24) is 14.8 Å². The summed E-state index contributed by atoms with van der Waals surface area (Å²) >= 11 is 3.52. The highest BCUT2D eigenvalue weighted by molar-refractivity contribution is 9.10. The third-order valence-corrected chi connectivity index (χ3v) is 4.97. The lowest BCUT2D eigenvalue weighted by molar-refractivity contribution is 0.0688. The summed E-state index contributed by atoms with van der Waals surface area (Å²) < 4.78 is 7.87. The van der Waals surface area contributed by atoms with Crippen LogP contribution >= 0.6 is 15.9 Å². The van der Waals surface area contributed by atoms with Gasteiger partial charge in [-0.25, -0.2) is 9.48 Å². The molecule has 1 N–H and O–H groups in total. The summed E-state index contributed by atoms with van der Waals surface area (Å²) in [6, 6.07) is 7.62. The van der Waals surface area contributed by atoms with Gasteiger partial charge in [0.25, 0.3) is 0 Å². The molecule has 2 aromatic heterocycles. The number of hydrogen-bond acceptors (Lipinski definition) is 4. The minimum Gasteiger partial charge on any atom is -0.496 e. The number of rotatable bonds is 3. The Morgan fingerprint density at radius 3 is 2.88 bits per heavy atom. The number of benzene rings is 1. The Morgan fingerprint density at radius 2 is 2.20 bits per heavy atom. The molecule has 0 aliphatic heterocycles. The van der Waals surface area contributed by atoms with E-state index in [0.717, 1.165) is 44.7 Å². The van der Waals surface area contributed by atoms with Crippen LogP contribution in [0.4, 0.5) is 0 Å². The molecule has 7 heteroatoms. The standard InChI is InChI=1S/C18H14BrN3O3/c1-25-15-7-10-4-5-12-16(18(23)24)21-22(11-3-2-6-20-9-11)17(12)13(10)8-14(15)19/h2-3,6-9H,4-5H2,1H3,(H,23,24). The number of aromatic nitrogens is 3. The zero-order valence-electron chi connectivity index (χ0n) is 13.4. The van der Waals surface area contributed by atoms with Gasteiger partial charge in [-0.05, 0) is 58.6 Å². The maximum atomic E-state index is 11.7. The minimum atomic E-state index is -1.02. The van der Waals surface area contributed by atoms with E-state index in [1.165, 1.54) is 0 Å². The van der Waals surface area contributed by atoms with Crippen LogP contribution in [0.3, 0.4) is 0 Å². The van der Waals surface area contributed by atoms with Gasteiger partial charge in [-0.3, -0.25) is 4.98 Å². The highest BCUT2D eigenvalue weighted by Gasteiger charge is 2.29. The largest absolute Gasteiger partial charge is 0.496 e. The maximum Gasteiger partial charge on any atom is 0.356 e. The summed E-state index contributed by atoms with van der Waals surface area (Å²) in [5.74, 6) is -0.261. The van der Waals surface area contributed by atoms with Crippen molar-refractivity contribution in [2.75, 3.05) is 7.11 Å². The van der Waals surface area contributed by atoms with Gasteiger partial charge >= 0.3 is 5.97 Å². The lowest BCUT2D eigenvalue weighted by Gasteiger charge is -2.20. The molecule has 1 aliphatic carbocycles. The van der Waals surface area contributed by atoms with Crippen LogP contribution in [-0.2, 0) is 12.8 Å². The Bertz CT molecular complexity index is 983. The first-order chi connectivity index (χ1) is 12.1. The van der Waals surface area contributed by atoms with Gasteiger partial charge < -0.3 is 9.84 Å². The molecule has 3 aromatic rings. The van der Waals surface area contributed by atoms with E-state index in [4.69, 9.17) is 4.74 Å². The zero-order valence-corrected chi connectivity index (χ0v) is 14.9. The second-order valence-corrected chi connectivity index (χ2v) is 6.60. The smallest absolute Gasteiger partial charge is 0.356 e. The van der Waals surface area contributed by atoms with Gasteiger partial charge in [0.15, 0.2) is 5.69 Å². The molecule has 0 bridgehead atoms. The Hall–Kier alpha value is -2.67. The first-order valence-electron chi connectivity index (χ1n) is 7.72. The number of pyridine rings is 1. The van der Waals surface area contributed by atoms with Crippen molar-refractivity contribution >= 4 is 21.9 Å². The van der Waals surface area contributed by atoms with Crippen LogP contribution in [0.5, 0.6) is 5.75 Å². The summed E-state index contributed by atoms with van der Waals surface area (Å²) in [7, 11) is 1.63. The Kier molecular flexibility index (Phi) is 3.80. The summed E-state index contributed by atoms with van der Waals surface area (Å²) in [6.45, 7) is 0. The highest BCUT2D eigenvalue weighted by atomic mass is 79.9. The quantitative estimate of drug-likeness (QED) is 0.728. The molecular weight excluding hydrogens is 386 g/mol. The van der Waals surface area contributed by atoms with Crippen LogP contribution in [-0.4, -0.2) is 33.0 Å². The summed E-state index contributed by atoms with van der Waals surface area (Å²) in [6.07, 6.45) is 4.71. The molecule has 0 spiro atoms. The van der Waals surface area contributed by atoms with Gasteiger partial charge in [0, 0.05) is 17.3 Å². The van der Waals surface area contributed by atoms with Gasteiger partial charge in [-0.2, -0.15) is 5.10 Å². The van der Waals surface area contributed by atoms with Crippen molar-refractivity contribution in [2.45, 2.75) is 12.8 Å². The predicted molar refractivity (Wildman–Crippen MR) is 95.4 cm³/mol. The Balaban J connectivity index is 2.02. The second-order valence-electron chi connectivity index (χ2n) is 5.75. The number of carbonyl (C=O) groups is 1. The first-order valence-corrected chi connectivity index (χ1v) is 8.52. The third kappa shape index (κ3) is 2.51. The molecule has 2 heterocycles. The van der Waals surface area contributed by atoms with E-state index in [0.29, 0.717) is 6.42 Å². The van der Waals surface area contributed by atoms with Crippen LogP contribution in [0.25, 0.3) is 16.9 Å². The summed E-state index contributed by atoms with van der Waals surface area (Å²) in [5, 5.41) is 13.9. The summed E-state index contributed by atoms with van der Waals surface area (Å²) in [4.78, 5) is 15.8. The molecule has 0 fully saturated rings. The zero-order chi connectivity index (χ0) is 17.6. The molecule has 6 nitrogen and oxygen atoms in total. The van der Waals surface area contributed by atoms with Gasteiger partial charge in [0.2, 0.25) is 0 Å². The fourth-order valence-electron chi connectivity index (χ4n) is 3.24. The molecule has 126 valence electrons. The topological polar surface area (TPSA) is 77.2 Å². The number of hydrogen-bond donors (Lipinski definition) is 1. The molecule has 0 unspecified atom stereocenters. The molecule has 0 saturated heterocycles. The molecule has 1 aliphatic rings. The van der Waals surface area contributed by atoms with Gasteiger partial charge in [0.05, 0.1) is 29.2 Å². The first kappa shape index (κ1) is 15.8. The number of aromatic carboxylic acids is 1. The fraction of sp³-hybridized carbons (Fsp3) is 0.167. The van der Waals surface area contributed by atoms with Crippen LogP contribution in [0.2, 0.25) is 0 Å². The average Bonchev–Trinajstić information content (AvgIpc) is 3.02. The molecular formula is C18H14BrN3O3. The fourth-order valence-corrected chi connectivity index (χ4v) is 3.75. The van der Waals surface area contributed by atoms with Crippen LogP contribution in [0.15, 0.2) is 41.1 Å². The van der Waals surface area contributed by atoms with Crippen molar-refractivity contribution in [3.8, 4) is 22.7 Å². The molecule has 0 radical (unpaired) electrons. The number of nitrogens with zero attached hydrogens (tertiary/aromatic N) is 3. The number of carboxylic acid groups (broad SMARTS) is 1. The maximum absolute atomic E-state index is 11.7. The number of ether oxygens (including phenoxy) is 1. The lowest BCUT2D eigenvalue weighted by atomic mass is 9.88. The number of fused-ring (bicyclic) bond motifs is 3. The van der Waals surface area contributed by atoms with Crippen LogP contribution in [0, 0.1) is 0 Å². The molecule has 0 amide bonds. The van der Waals surface area contributed by atoms with E-state index in [1.807, 2.05) is 18.2 Å². The van der Waals surface area contributed by atoms with E-state index in [9.17, 15) is 9.90 Å². The van der Waals surface area contributed by atoms with E-state index >= 15 is 0 Å². The number of carboxylic acids is 1. The molecule has 0 saturated carbocycles. The molecule has 4 rings (SSSR count). The van der Waals surface area contributed by atoms with Crippen molar-refractivity contribution in [3.05, 3.63) is 58.0 Å². The lowest BCUT2D eigenvalue weighted by Crippen LogP contribution is -2.09. The highest BCUT2D eigenvalue weighted by Crippen LogP contribution is 2.41. The monoisotopic (exact) mass is 399 g/mol. The average molecular weight is 400 g/mol. The SMILES string of the molecule is COc1cc2c(cc1Br)-c1c(c(C(=O)O)nn1-c1cccnc1)CC2. The van der Waals surface area contributed by atoms with E-state index in [1.54, 1.807) is 30.3 Å². The van der Waals surface area contributed by atoms with Crippen LogP contribution < -0.4 is 4.74 Å². The third-order valence-electron chi connectivity index (χ3n) is 4.35. The summed E-state index contributed by atoms with van der Waals surface area (Å²) in [5.41, 5.74) is 4.44. The van der Waals surface area contributed by atoms with Crippen molar-refractivity contribution in [3.63, 3.8) is 0 Å². The number of methoxy groups -OCH3 is 1. The van der Waals surface area contributed by atoms with Crippen LogP contribution in [0.1, 0.15) is 21.6 Å². The van der Waals surface area contributed by atoms with Crippen molar-refractivity contribution < 1.29 is 14.6 Å². The predicted octanol–water partition coefficient (Wildman–Crippen LogP) is 3.50. The Morgan fingerprint density at radius 1 is 1.36 bits per heavy atom. The van der Waals surface area contributed by atoms with Crippen molar-refractivity contribution in [1.29, 1.82) is 0 Å². The number of aryl methyl sites for hydroxylation is 1. The van der Waals surface area contributed by atoms with Gasteiger partial charge in [-0.15, -0.1) is 0 Å². The molecule has 0 atom stereocenters. The number of halogens is 1. The Labute approximate surface area is 152 Å². The van der Waals surface area contributed by atoms with Gasteiger partial charge in [0.1, 0.15) is 5.75 Å². The second kappa shape index (κ2) is 6.00. The van der Waals surface area contributed by atoms with E-state index < -0.39 is 5.97 Å². The van der Waals surface area contributed by atoms with Gasteiger partial charge in [-0.1, -0.05) is 0 Å². The minimum absolute atomic E-state index is 0.0939. The molecule has 1 aromatic carbocycles. The van der Waals surface area contributed by atoms with E-state index in [2.05, 4.69) is 26.0 Å².